The molecule has 2 unspecified atom stereocenters. The first-order valence-electron chi connectivity index (χ1n) is 7.01. The highest BCUT2D eigenvalue weighted by Gasteiger charge is 2.29. The highest BCUT2D eigenvalue weighted by molar-refractivity contribution is 6.30. The molecule has 1 aliphatic rings. The molecule has 0 spiro atoms. The lowest BCUT2D eigenvalue weighted by Gasteiger charge is -2.42. The first kappa shape index (κ1) is 15.7. The van der Waals surface area contributed by atoms with Crippen molar-refractivity contribution in [1.82, 2.24) is 15.1 Å². The Morgan fingerprint density at radius 2 is 2.15 bits per heavy atom. The van der Waals surface area contributed by atoms with Crippen LogP contribution in [0, 0.1) is 5.82 Å². The molecule has 0 saturated carbocycles. The summed E-state index contributed by atoms with van der Waals surface area (Å²) >= 11 is 5.74. The van der Waals surface area contributed by atoms with Gasteiger partial charge in [0, 0.05) is 31.7 Å². The van der Waals surface area contributed by atoms with E-state index in [1.807, 2.05) is 13.1 Å². The van der Waals surface area contributed by atoms with Crippen molar-refractivity contribution in [3.05, 3.63) is 34.6 Å². The van der Waals surface area contributed by atoms with E-state index < -0.39 is 0 Å². The van der Waals surface area contributed by atoms with Crippen molar-refractivity contribution in [2.24, 2.45) is 0 Å². The molecule has 1 aromatic rings. The predicted molar refractivity (Wildman–Crippen MR) is 81.9 cm³/mol. The van der Waals surface area contributed by atoms with Crippen LogP contribution >= 0.6 is 11.6 Å². The molecule has 5 heteroatoms. The van der Waals surface area contributed by atoms with Gasteiger partial charge < -0.3 is 10.2 Å². The lowest BCUT2D eigenvalue weighted by Crippen LogP contribution is -2.58. The van der Waals surface area contributed by atoms with Crippen LogP contribution in [0.15, 0.2) is 18.2 Å². The Labute approximate surface area is 125 Å². The van der Waals surface area contributed by atoms with Gasteiger partial charge in [-0.25, -0.2) is 4.39 Å². The Kier molecular flexibility index (Phi) is 5.38. The van der Waals surface area contributed by atoms with E-state index in [-0.39, 0.29) is 10.8 Å². The zero-order chi connectivity index (χ0) is 14.7. The van der Waals surface area contributed by atoms with Gasteiger partial charge in [0.1, 0.15) is 5.82 Å². The minimum Gasteiger partial charge on any atom is -0.315 e. The summed E-state index contributed by atoms with van der Waals surface area (Å²) in [4.78, 5) is 4.73. The molecule has 2 atom stereocenters. The predicted octanol–water partition coefficient (Wildman–Crippen LogP) is 1.86. The van der Waals surface area contributed by atoms with E-state index in [0.29, 0.717) is 12.1 Å². The maximum Gasteiger partial charge on any atom is 0.142 e. The molecule has 0 aliphatic carbocycles. The number of hydrogen-bond donors (Lipinski definition) is 1. The smallest absolute Gasteiger partial charge is 0.142 e. The standard InChI is InChI=1S/C15H23ClFN3/c1-18-14(15-10-19(2)6-7-20(15)3)9-11-4-5-12(16)13(17)8-11/h4-5,8,14-15,18H,6-7,9-10H2,1-3H3. The van der Waals surface area contributed by atoms with Crippen LogP contribution in [0.3, 0.4) is 0 Å². The topological polar surface area (TPSA) is 18.5 Å². The number of hydrogen-bond acceptors (Lipinski definition) is 3. The van der Waals surface area contributed by atoms with Crippen molar-refractivity contribution in [1.29, 1.82) is 0 Å². The van der Waals surface area contributed by atoms with E-state index in [0.717, 1.165) is 31.6 Å². The summed E-state index contributed by atoms with van der Waals surface area (Å²) in [6, 6.07) is 5.80. The van der Waals surface area contributed by atoms with E-state index >= 15 is 0 Å². The fraction of sp³-hybridized carbons (Fsp3) is 0.600. The molecule has 0 radical (unpaired) electrons. The molecule has 1 heterocycles. The molecule has 3 nitrogen and oxygen atoms in total. The molecule has 20 heavy (non-hydrogen) atoms. The van der Waals surface area contributed by atoms with Gasteiger partial charge in [0.15, 0.2) is 0 Å². The van der Waals surface area contributed by atoms with Crippen molar-refractivity contribution in [2.75, 3.05) is 40.8 Å². The Morgan fingerprint density at radius 3 is 2.80 bits per heavy atom. The van der Waals surface area contributed by atoms with Gasteiger partial charge >= 0.3 is 0 Å². The maximum atomic E-state index is 13.5. The maximum absolute atomic E-state index is 13.5. The number of piperazine rings is 1. The van der Waals surface area contributed by atoms with Crippen LogP contribution in [-0.4, -0.2) is 62.7 Å². The molecule has 1 fully saturated rings. The zero-order valence-corrected chi connectivity index (χ0v) is 13.1. The quantitative estimate of drug-likeness (QED) is 0.915. The lowest BCUT2D eigenvalue weighted by molar-refractivity contribution is 0.0897. The Bertz CT molecular complexity index is 455. The fourth-order valence-electron chi connectivity index (χ4n) is 2.83. The summed E-state index contributed by atoms with van der Waals surface area (Å²) in [5.74, 6) is -0.340. The van der Waals surface area contributed by atoms with Crippen LogP contribution in [0.5, 0.6) is 0 Å². The normalized spacial score (nSPS) is 22.9. The third-order valence-electron chi connectivity index (χ3n) is 4.17. The number of nitrogens with one attached hydrogen (secondary N) is 1. The van der Waals surface area contributed by atoms with Crippen LogP contribution in [0.1, 0.15) is 5.56 Å². The molecular weight excluding hydrogens is 277 g/mol. The second kappa shape index (κ2) is 6.85. The molecule has 0 bridgehead atoms. The van der Waals surface area contributed by atoms with Gasteiger partial charge in [-0.15, -0.1) is 0 Å². The largest absolute Gasteiger partial charge is 0.315 e. The number of rotatable bonds is 4. The molecule has 112 valence electrons. The molecule has 0 aromatic heterocycles. The lowest BCUT2D eigenvalue weighted by atomic mass is 9.96. The van der Waals surface area contributed by atoms with Crippen LogP contribution < -0.4 is 5.32 Å². The van der Waals surface area contributed by atoms with Crippen LogP contribution in [-0.2, 0) is 6.42 Å². The minimum absolute atomic E-state index is 0.185. The van der Waals surface area contributed by atoms with Gasteiger partial charge in [0.25, 0.3) is 0 Å². The first-order valence-corrected chi connectivity index (χ1v) is 7.39. The van der Waals surface area contributed by atoms with Crippen molar-refractivity contribution in [2.45, 2.75) is 18.5 Å². The summed E-state index contributed by atoms with van der Waals surface area (Å²) in [6.07, 6.45) is 0.799. The van der Waals surface area contributed by atoms with Crippen molar-refractivity contribution < 1.29 is 4.39 Å². The van der Waals surface area contributed by atoms with E-state index in [4.69, 9.17) is 11.6 Å². The van der Waals surface area contributed by atoms with E-state index in [2.05, 4.69) is 29.2 Å². The summed E-state index contributed by atoms with van der Waals surface area (Å²) in [5.41, 5.74) is 0.980. The van der Waals surface area contributed by atoms with Gasteiger partial charge in [-0.05, 0) is 45.3 Å². The Balaban J connectivity index is 2.09. The van der Waals surface area contributed by atoms with Gasteiger partial charge in [0.05, 0.1) is 5.02 Å². The third-order valence-corrected chi connectivity index (χ3v) is 4.48. The molecule has 1 aromatic carbocycles. The van der Waals surface area contributed by atoms with E-state index in [9.17, 15) is 4.39 Å². The molecule has 1 saturated heterocycles. The molecule has 1 N–H and O–H groups in total. The second-order valence-electron chi connectivity index (χ2n) is 5.66. The van der Waals surface area contributed by atoms with E-state index in [1.54, 1.807) is 12.1 Å². The highest BCUT2D eigenvalue weighted by Crippen LogP contribution is 2.19. The van der Waals surface area contributed by atoms with Crippen molar-refractivity contribution in [3.8, 4) is 0 Å². The van der Waals surface area contributed by atoms with E-state index in [1.165, 1.54) is 0 Å². The van der Waals surface area contributed by atoms with Crippen molar-refractivity contribution in [3.63, 3.8) is 0 Å². The summed E-state index contributed by atoms with van der Waals surface area (Å²) in [7, 11) is 6.28. The van der Waals surface area contributed by atoms with Gasteiger partial charge in [-0.1, -0.05) is 17.7 Å². The Morgan fingerprint density at radius 1 is 1.40 bits per heavy atom. The fourth-order valence-corrected chi connectivity index (χ4v) is 2.95. The number of halogens is 2. The summed E-state index contributed by atoms with van der Waals surface area (Å²) in [6.45, 7) is 3.19. The average Bonchev–Trinajstić information content (AvgIpc) is 2.43. The number of nitrogens with zero attached hydrogens (tertiary/aromatic N) is 2. The monoisotopic (exact) mass is 299 g/mol. The third kappa shape index (κ3) is 3.70. The number of likely N-dealkylation sites (N-methyl/N-ethyl adjacent to an activating group) is 3. The van der Waals surface area contributed by atoms with Gasteiger partial charge in [-0.3, -0.25) is 4.90 Å². The van der Waals surface area contributed by atoms with Crippen LogP contribution in [0.2, 0.25) is 5.02 Å². The van der Waals surface area contributed by atoms with Gasteiger partial charge in [0.2, 0.25) is 0 Å². The van der Waals surface area contributed by atoms with Crippen molar-refractivity contribution >= 4 is 11.6 Å². The van der Waals surface area contributed by atoms with Gasteiger partial charge in [-0.2, -0.15) is 0 Å². The zero-order valence-electron chi connectivity index (χ0n) is 12.4. The first-order chi connectivity index (χ1) is 9.51. The summed E-state index contributed by atoms with van der Waals surface area (Å²) < 4.78 is 13.5. The molecule has 0 amide bonds. The number of benzene rings is 1. The van der Waals surface area contributed by atoms with Crippen LogP contribution in [0.4, 0.5) is 4.39 Å². The molecule has 1 aliphatic heterocycles. The van der Waals surface area contributed by atoms with Crippen LogP contribution in [0.25, 0.3) is 0 Å². The minimum atomic E-state index is -0.340. The Hall–Kier alpha value is -0.680. The molecule has 2 rings (SSSR count). The summed E-state index contributed by atoms with van der Waals surface area (Å²) in [5, 5.41) is 3.57. The SMILES string of the molecule is CNC(Cc1ccc(Cl)c(F)c1)C1CN(C)CCN1C. The highest BCUT2D eigenvalue weighted by atomic mass is 35.5. The second-order valence-corrected chi connectivity index (χ2v) is 6.07. The molecular formula is C15H23ClFN3. The average molecular weight is 300 g/mol.